The Hall–Kier alpha value is -1.30. The molecule has 0 bridgehead atoms. The molecule has 0 N–H and O–H groups in total. The van der Waals surface area contributed by atoms with Crippen molar-refractivity contribution in [3.8, 4) is 0 Å². The van der Waals surface area contributed by atoms with Crippen molar-refractivity contribution >= 4 is 17.7 Å². The zero-order valence-corrected chi connectivity index (χ0v) is 12.4. The van der Waals surface area contributed by atoms with E-state index in [1.165, 1.54) is 24.0 Å². The Balaban J connectivity index is 1.72. The van der Waals surface area contributed by atoms with Gasteiger partial charge in [0.15, 0.2) is 5.16 Å². The van der Waals surface area contributed by atoms with Crippen molar-refractivity contribution in [3.63, 3.8) is 0 Å². The third kappa shape index (κ3) is 2.61. The number of hydrogen-bond acceptors (Lipinski definition) is 4. The summed E-state index contributed by atoms with van der Waals surface area (Å²) in [6.45, 7) is 4.42. The molecule has 0 saturated carbocycles. The fourth-order valence-electron chi connectivity index (χ4n) is 2.79. The van der Waals surface area contributed by atoms with Crippen LogP contribution in [0.15, 0.2) is 22.2 Å². The van der Waals surface area contributed by atoms with Crippen LogP contribution < -0.4 is 5.56 Å². The van der Waals surface area contributed by atoms with Crippen molar-refractivity contribution < 1.29 is 4.79 Å². The molecule has 0 radical (unpaired) electrons. The van der Waals surface area contributed by atoms with Gasteiger partial charge in [-0.3, -0.25) is 14.2 Å². The molecule has 0 spiro atoms. The molecule has 6 heteroatoms. The standard InChI is InChI=1S/C14H19N3O2S/c1-10-3-6-16(7-4-10)13(19)11-8-17-12(18)2-5-15-14(17)20-9-11/h2,5,10-11H,3-4,6-9H2,1H3. The molecule has 0 aliphatic carbocycles. The molecule has 1 amide bonds. The highest BCUT2D eigenvalue weighted by molar-refractivity contribution is 7.99. The lowest BCUT2D eigenvalue weighted by Crippen LogP contribution is -2.45. The van der Waals surface area contributed by atoms with E-state index in [2.05, 4.69) is 11.9 Å². The van der Waals surface area contributed by atoms with E-state index in [0.717, 1.165) is 36.8 Å². The minimum absolute atomic E-state index is 0.0627. The second-order valence-corrected chi connectivity index (χ2v) is 6.68. The first kappa shape index (κ1) is 13.7. The number of carbonyl (C=O) groups is 1. The third-order valence-electron chi connectivity index (χ3n) is 4.16. The van der Waals surface area contributed by atoms with Crippen LogP contribution in [0.2, 0.25) is 0 Å². The van der Waals surface area contributed by atoms with Gasteiger partial charge in [-0.25, -0.2) is 4.98 Å². The van der Waals surface area contributed by atoms with Gasteiger partial charge in [0, 0.05) is 37.7 Å². The van der Waals surface area contributed by atoms with Crippen molar-refractivity contribution in [2.45, 2.75) is 31.5 Å². The molecule has 20 heavy (non-hydrogen) atoms. The first-order valence-electron chi connectivity index (χ1n) is 7.12. The summed E-state index contributed by atoms with van der Waals surface area (Å²) in [7, 11) is 0. The molecule has 1 saturated heterocycles. The summed E-state index contributed by atoms with van der Waals surface area (Å²) in [5.74, 6) is 1.54. The number of thioether (sulfide) groups is 1. The largest absolute Gasteiger partial charge is 0.342 e. The zero-order valence-electron chi connectivity index (χ0n) is 11.6. The van der Waals surface area contributed by atoms with Crippen LogP contribution in [0.1, 0.15) is 19.8 Å². The SMILES string of the molecule is CC1CCN(C(=O)C2CSc3nccc(=O)n3C2)CC1. The van der Waals surface area contributed by atoms with Crippen LogP contribution in [-0.4, -0.2) is 39.2 Å². The van der Waals surface area contributed by atoms with E-state index < -0.39 is 0 Å². The van der Waals surface area contributed by atoms with Crippen LogP contribution in [0.3, 0.4) is 0 Å². The molecule has 1 atom stereocenters. The Labute approximate surface area is 122 Å². The summed E-state index contributed by atoms with van der Waals surface area (Å²) in [5.41, 5.74) is -0.0627. The Morgan fingerprint density at radius 1 is 1.40 bits per heavy atom. The quantitative estimate of drug-likeness (QED) is 0.731. The first-order chi connectivity index (χ1) is 9.65. The fourth-order valence-corrected chi connectivity index (χ4v) is 3.84. The van der Waals surface area contributed by atoms with Gasteiger partial charge in [-0.05, 0) is 18.8 Å². The summed E-state index contributed by atoms with van der Waals surface area (Å²) in [5, 5.41) is 0.730. The summed E-state index contributed by atoms with van der Waals surface area (Å²) >= 11 is 1.51. The number of piperidine rings is 1. The van der Waals surface area contributed by atoms with E-state index >= 15 is 0 Å². The van der Waals surface area contributed by atoms with Gasteiger partial charge in [-0.2, -0.15) is 0 Å². The molecule has 1 aromatic heterocycles. The summed E-state index contributed by atoms with van der Waals surface area (Å²) in [4.78, 5) is 30.6. The predicted octanol–water partition coefficient (Wildman–Crippen LogP) is 1.22. The predicted molar refractivity (Wildman–Crippen MR) is 77.7 cm³/mol. The molecule has 108 valence electrons. The van der Waals surface area contributed by atoms with Gasteiger partial charge in [0.2, 0.25) is 5.91 Å². The van der Waals surface area contributed by atoms with Crippen LogP contribution >= 0.6 is 11.8 Å². The number of fused-ring (bicyclic) bond motifs is 1. The number of likely N-dealkylation sites (tertiary alicyclic amines) is 1. The van der Waals surface area contributed by atoms with Crippen molar-refractivity contribution in [1.82, 2.24) is 14.5 Å². The van der Waals surface area contributed by atoms with E-state index in [1.54, 1.807) is 4.57 Å². The second kappa shape index (κ2) is 5.60. The van der Waals surface area contributed by atoms with E-state index in [-0.39, 0.29) is 17.4 Å². The van der Waals surface area contributed by atoms with Gasteiger partial charge in [-0.1, -0.05) is 18.7 Å². The van der Waals surface area contributed by atoms with E-state index in [4.69, 9.17) is 0 Å². The van der Waals surface area contributed by atoms with Gasteiger partial charge < -0.3 is 4.90 Å². The Bertz CT molecular complexity index is 564. The molecule has 3 heterocycles. The Kier molecular flexibility index (Phi) is 3.83. The molecule has 0 aromatic carbocycles. The average Bonchev–Trinajstić information content (AvgIpc) is 2.47. The van der Waals surface area contributed by atoms with Crippen LogP contribution in [0.4, 0.5) is 0 Å². The maximum absolute atomic E-state index is 12.6. The highest BCUT2D eigenvalue weighted by atomic mass is 32.2. The Morgan fingerprint density at radius 2 is 2.15 bits per heavy atom. The highest BCUT2D eigenvalue weighted by Crippen LogP contribution is 2.27. The van der Waals surface area contributed by atoms with Gasteiger partial charge in [0.05, 0.1) is 5.92 Å². The minimum atomic E-state index is -0.0946. The van der Waals surface area contributed by atoms with Crippen molar-refractivity contribution in [2.75, 3.05) is 18.8 Å². The molecule has 1 fully saturated rings. The molecule has 3 rings (SSSR count). The lowest BCUT2D eigenvalue weighted by Gasteiger charge is -2.34. The van der Waals surface area contributed by atoms with Gasteiger partial charge >= 0.3 is 0 Å². The highest BCUT2D eigenvalue weighted by Gasteiger charge is 2.31. The number of hydrogen-bond donors (Lipinski definition) is 0. The fraction of sp³-hybridized carbons (Fsp3) is 0.643. The first-order valence-corrected chi connectivity index (χ1v) is 8.11. The number of rotatable bonds is 1. The summed E-state index contributed by atoms with van der Waals surface area (Å²) in [6.07, 6.45) is 3.71. The van der Waals surface area contributed by atoms with Gasteiger partial charge in [0.25, 0.3) is 5.56 Å². The smallest absolute Gasteiger partial charge is 0.254 e. The van der Waals surface area contributed by atoms with Gasteiger partial charge in [-0.15, -0.1) is 0 Å². The van der Waals surface area contributed by atoms with E-state index in [1.807, 2.05) is 4.90 Å². The maximum Gasteiger partial charge on any atom is 0.254 e. The molecule has 2 aliphatic heterocycles. The Morgan fingerprint density at radius 3 is 2.90 bits per heavy atom. The maximum atomic E-state index is 12.6. The summed E-state index contributed by atoms with van der Waals surface area (Å²) in [6, 6.07) is 1.46. The number of amides is 1. The average molecular weight is 293 g/mol. The van der Waals surface area contributed by atoms with Crippen LogP contribution in [0, 0.1) is 11.8 Å². The minimum Gasteiger partial charge on any atom is -0.342 e. The molecule has 2 aliphatic rings. The van der Waals surface area contributed by atoms with Crippen LogP contribution in [0.5, 0.6) is 0 Å². The van der Waals surface area contributed by atoms with Crippen LogP contribution in [-0.2, 0) is 11.3 Å². The van der Waals surface area contributed by atoms with Crippen molar-refractivity contribution in [2.24, 2.45) is 11.8 Å². The number of carbonyl (C=O) groups excluding carboxylic acids is 1. The van der Waals surface area contributed by atoms with Crippen molar-refractivity contribution in [1.29, 1.82) is 0 Å². The lowest BCUT2D eigenvalue weighted by atomic mass is 9.98. The second-order valence-electron chi connectivity index (χ2n) is 5.69. The normalized spacial score (nSPS) is 23.4. The van der Waals surface area contributed by atoms with Gasteiger partial charge in [0.1, 0.15) is 0 Å². The number of nitrogens with zero attached hydrogens (tertiary/aromatic N) is 3. The molecule has 1 unspecified atom stereocenters. The lowest BCUT2D eigenvalue weighted by molar-refractivity contribution is -0.136. The topological polar surface area (TPSA) is 55.2 Å². The number of aromatic nitrogens is 2. The third-order valence-corrected chi connectivity index (χ3v) is 5.31. The molecular weight excluding hydrogens is 274 g/mol. The molecule has 5 nitrogen and oxygen atoms in total. The molecule has 1 aromatic rings. The monoisotopic (exact) mass is 293 g/mol. The summed E-state index contributed by atoms with van der Waals surface area (Å²) < 4.78 is 1.63. The van der Waals surface area contributed by atoms with Crippen LogP contribution in [0.25, 0.3) is 0 Å². The zero-order chi connectivity index (χ0) is 14.1. The van der Waals surface area contributed by atoms with E-state index in [9.17, 15) is 9.59 Å². The van der Waals surface area contributed by atoms with Crippen molar-refractivity contribution in [3.05, 3.63) is 22.6 Å². The van der Waals surface area contributed by atoms with E-state index in [0.29, 0.717) is 12.5 Å². The molecular formula is C14H19N3O2S.